The monoisotopic (exact) mass is 574 g/mol. The Morgan fingerprint density at radius 3 is 2.72 bits per heavy atom. The molecule has 2 unspecified atom stereocenters. The molecule has 3 aromatic heterocycles. The van der Waals surface area contributed by atoms with Crippen LogP contribution in [0.5, 0.6) is 0 Å². The summed E-state index contributed by atoms with van der Waals surface area (Å²) in [4.78, 5) is 20.4. The highest BCUT2D eigenvalue weighted by Crippen LogP contribution is 2.48. The summed E-state index contributed by atoms with van der Waals surface area (Å²) >= 11 is 0. The summed E-state index contributed by atoms with van der Waals surface area (Å²) in [5, 5.41) is 10.1. The molecule has 8 nitrogen and oxygen atoms in total. The molecule has 3 N–H and O–H groups in total. The van der Waals surface area contributed by atoms with E-state index in [-0.39, 0.29) is 17.8 Å². The van der Waals surface area contributed by atoms with Crippen LogP contribution in [-0.4, -0.2) is 45.8 Å². The van der Waals surface area contributed by atoms with Gasteiger partial charge in [0.05, 0.1) is 23.0 Å². The van der Waals surface area contributed by atoms with E-state index >= 15 is 4.39 Å². The number of benzene rings is 1. The minimum absolute atomic E-state index is 0.134. The lowest BCUT2D eigenvalue weighted by Crippen LogP contribution is -2.20. The number of hydrogen-bond donors (Lipinski definition) is 3. The van der Waals surface area contributed by atoms with Crippen LogP contribution in [0.2, 0.25) is 0 Å². The maximum atomic E-state index is 16.7. The number of pyridine rings is 3. The van der Waals surface area contributed by atoms with Crippen molar-refractivity contribution in [3.8, 4) is 22.4 Å². The normalized spacial score (nSPS) is 20.2. The van der Waals surface area contributed by atoms with Crippen molar-refractivity contribution in [2.24, 2.45) is 4.99 Å². The third kappa shape index (κ3) is 4.45. The molecule has 7 heterocycles. The molecule has 8 rings (SSSR count). The SMILES string of the molecule is C=NC1C=C(C2=C3NC3Nc3ncc(-c4cncc(CN5CCCC5)c4)c(F)c32)Nc2ccnc(-c3cccc(F)c3)c21. The summed E-state index contributed by atoms with van der Waals surface area (Å²) in [6.07, 6.45) is 11.0. The summed E-state index contributed by atoms with van der Waals surface area (Å²) in [6.45, 7) is 6.78. The predicted molar refractivity (Wildman–Crippen MR) is 163 cm³/mol. The first-order chi connectivity index (χ1) is 21.1. The molecule has 0 amide bonds. The highest BCUT2D eigenvalue weighted by atomic mass is 19.1. The smallest absolute Gasteiger partial charge is 0.144 e. The Morgan fingerprint density at radius 2 is 1.88 bits per heavy atom. The van der Waals surface area contributed by atoms with Gasteiger partial charge in [0.2, 0.25) is 0 Å². The molecule has 0 saturated carbocycles. The summed E-state index contributed by atoms with van der Waals surface area (Å²) in [5.74, 6) is -0.262. The fraction of sp³-hybridized carbons (Fsp3) is 0.212. The van der Waals surface area contributed by atoms with Gasteiger partial charge in [-0.15, -0.1) is 0 Å². The average molecular weight is 575 g/mol. The zero-order chi connectivity index (χ0) is 29.1. The maximum Gasteiger partial charge on any atom is 0.144 e. The van der Waals surface area contributed by atoms with Crippen molar-refractivity contribution in [3.63, 3.8) is 0 Å². The summed E-state index contributed by atoms with van der Waals surface area (Å²) in [7, 11) is 0. The molecule has 2 atom stereocenters. The van der Waals surface area contributed by atoms with Gasteiger partial charge in [0.25, 0.3) is 0 Å². The van der Waals surface area contributed by atoms with Crippen molar-refractivity contribution in [1.82, 2.24) is 25.2 Å². The Bertz CT molecular complexity index is 1860. The van der Waals surface area contributed by atoms with Crippen LogP contribution in [-0.2, 0) is 6.54 Å². The average Bonchev–Trinajstić information content (AvgIpc) is 3.62. The van der Waals surface area contributed by atoms with Gasteiger partial charge in [0, 0.05) is 70.5 Å². The molecular formula is C33H28F2N8. The number of nitrogens with one attached hydrogen (secondary N) is 3. The molecule has 10 heteroatoms. The van der Waals surface area contributed by atoms with Gasteiger partial charge in [0.1, 0.15) is 23.6 Å². The van der Waals surface area contributed by atoms with Crippen molar-refractivity contribution in [2.75, 3.05) is 23.7 Å². The second-order valence-corrected chi connectivity index (χ2v) is 11.2. The van der Waals surface area contributed by atoms with Crippen LogP contribution in [0, 0.1) is 11.6 Å². The lowest BCUT2D eigenvalue weighted by Gasteiger charge is -2.28. The van der Waals surface area contributed by atoms with E-state index in [1.54, 1.807) is 24.7 Å². The van der Waals surface area contributed by atoms with E-state index < -0.39 is 6.04 Å². The number of aliphatic imine (C=N–C) groups is 1. The van der Waals surface area contributed by atoms with Crippen molar-refractivity contribution >= 4 is 23.8 Å². The second-order valence-electron chi connectivity index (χ2n) is 11.2. The number of likely N-dealkylation sites (tertiary alicyclic amines) is 1. The van der Waals surface area contributed by atoms with Crippen molar-refractivity contribution in [2.45, 2.75) is 31.6 Å². The van der Waals surface area contributed by atoms with Crippen LogP contribution in [0.3, 0.4) is 0 Å². The van der Waals surface area contributed by atoms with Crippen LogP contribution >= 0.6 is 0 Å². The molecule has 2 fully saturated rings. The first kappa shape index (κ1) is 25.7. The quantitative estimate of drug-likeness (QED) is 0.195. The van der Waals surface area contributed by atoms with E-state index in [2.05, 4.69) is 47.5 Å². The van der Waals surface area contributed by atoms with Crippen LogP contribution in [0.1, 0.15) is 35.6 Å². The number of rotatable bonds is 6. The van der Waals surface area contributed by atoms with E-state index in [1.165, 1.54) is 25.0 Å². The van der Waals surface area contributed by atoms with Gasteiger partial charge in [-0.25, -0.2) is 13.8 Å². The molecule has 0 radical (unpaired) electrons. The Morgan fingerprint density at radius 1 is 1.00 bits per heavy atom. The van der Waals surface area contributed by atoms with Gasteiger partial charge in [0.15, 0.2) is 0 Å². The van der Waals surface area contributed by atoms with Crippen LogP contribution in [0.25, 0.3) is 28.0 Å². The zero-order valence-corrected chi connectivity index (χ0v) is 23.2. The molecule has 2 saturated heterocycles. The Kier molecular flexibility index (Phi) is 6.04. The lowest BCUT2D eigenvalue weighted by atomic mass is 9.90. The molecule has 0 aliphatic carbocycles. The fourth-order valence-electron chi connectivity index (χ4n) is 6.40. The number of aromatic nitrogens is 3. The van der Waals surface area contributed by atoms with Gasteiger partial charge in [-0.2, -0.15) is 0 Å². The number of fused-ring (bicyclic) bond motifs is 3. The topological polar surface area (TPSA) is 100 Å². The minimum Gasteiger partial charge on any atom is -0.360 e. The Labute approximate surface area is 247 Å². The highest BCUT2D eigenvalue weighted by molar-refractivity contribution is 5.96. The fourth-order valence-corrected chi connectivity index (χ4v) is 6.40. The molecule has 0 bridgehead atoms. The number of allylic oxidation sites excluding steroid dienone is 1. The number of halogens is 2. The van der Waals surface area contributed by atoms with Gasteiger partial charge in [-0.05, 0) is 68.6 Å². The van der Waals surface area contributed by atoms with Crippen LogP contribution in [0.15, 0.2) is 83.6 Å². The Hall–Kier alpha value is -4.96. The number of hydrogen-bond acceptors (Lipinski definition) is 8. The first-order valence-electron chi connectivity index (χ1n) is 14.4. The molecule has 1 aromatic carbocycles. The lowest BCUT2D eigenvalue weighted by molar-refractivity contribution is 0.331. The third-order valence-corrected chi connectivity index (χ3v) is 8.48. The minimum atomic E-state index is -0.493. The van der Waals surface area contributed by atoms with E-state index in [0.29, 0.717) is 45.0 Å². The molecule has 4 aliphatic heterocycles. The van der Waals surface area contributed by atoms with Crippen molar-refractivity contribution in [1.29, 1.82) is 0 Å². The molecule has 0 spiro atoms. The van der Waals surface area contributed by atoms with E-state index in [4.69, 9.17) is 0 Å². The summed E-state index contributed by atoms with van der Waals surface area (Å²) in [6, 6.07) is 9.68. The molecular weight excluding hydrogens is 546 g/mol. The highest BCUT2D eigenvalue weighted by Gasteiger charge is 2.42. The van der Waals surface area contributed by atoms with E-state index in [9.17, 15) is 4.39 Å². The first-order valence-corrected chi connectivity index (χ1v) is 14.4. The van der Waals surface area contributed by atoms with Gasteiger partial charge < -0.3 is 16.0 Å². The standard InChI is InChI=1S/C33H28F2N8/c1-36-24-13-25(40-23-7-8-38-30(26(23)24)19-5-4-6-21(34)12-19)27-28-29(35)22(16-39-32(28)42-33-31(27)41-33)20-11-18(14-37-15-20)17-43-9-2-3-10-43/h4-8,11-16,24,33,40-41H,1-3,9-10,17H2,(H,39,42). The molecule has 43 heavy (non-hydrogen) atoms. The van der Waals surface area contributed by atoms with Gasteiger partial charge in [-0.1, -0.05) is 12.1 Å². The molecule has 4 aliphatic rings. The van der Waals surface area contributed by atoms with Crippen LogP contribution in [0.4, 0.5) is 20.3 Å². The van der Waals surface area contributed by atoms with Gasteiger partial charge in [-0.3, -0.25) is 19.9 Å². The van der Waals surface area contributed by atoms with Crippen LogP contribution < -0.4 is 16.0 Å². The second kappa shape index (κ2) is 10.1. The molecule has 214 valence electrons. The zero-order valence-electron chi connectivity index (χ0n) is 23.2. The van der Waals surface area contributed by atoms with E-state index in [0.717, 1.165) is 42.1 Å². The van der Waals surface area contributed by atoms with Gasteiger partial charge >= 0.3 is 0 Å². The maximum absolute atomic E-state index is 16.7. The largest absolute Gasteiger partial charge is 0.360 e. The molecule has 4 aromatic rings. The predicted octanol–water partition coefficient (Wildman–Crippen LogP) is 5.90. The number of nitrogens with zero attached hydrogens (tertiary/aromatic N) is 5. The van der Waals surface area contributed by atoms with Crippen molar-refractivity contribution in [3.05, 3.63) is 107 Å². The summed E-state index contributed by atoms with van der Waals surface area (Å²) in [5.41, 5.74) is 7.53. The summed E-state index contributed by atoms with van der Waals surface area (Å²) < 4.78 is 30.8. The Balaban J connectivity index is 1.20. The van der Waals surface area contributed by atoms with Crippen molar-refractivity contribution < 1.29 is 8.78 Å². The number of anilines is 2. The third-order valence-electron chi connectivity index (χ3n) is 8.48. The van der Waals surface area contributed by atoms with E-state index in [1.807, 2.05) is 30.5 Å².